The van der Waals surface area contributed by atoms with Crippen molar-refractivity contribution in [3.8, 4) is 0 Å². The number of primary amides is 1. The molecule has 0 aliphatic carbocycles. The van der Waals surface area contributed by atoms with Gasteiger partial charge in [-0.1, -0.05) is 0 Å². The van der Waals surface area contributed by atoms with Gasteiger partial charge in [0.15, 0.2) is 11.4 Å². The molecule has 3 aromatic heterocycles. The van der Waals surface area contributed by atoms with E-state index >= 15 is 0 Å². The second-order valence-corrected chi connectivity index (χ2v) is 7.89. The van der Waals surface area contributed by atoms with Crippen molar-refractivity contribution in [2.24, 2.45) is 12.8 Å². The number of nitrogens with one attached hydrogen (secondary N) is 1. The maximum absolute atomic E-state index is 13.1. The lowest BCUT2D eigenvalue weighted by Crippen LogP contribution is -2.17. The zero-order chi connectivity index (χ0) is 22.5. The summed E-state index contributed by atoms with van der Waals surface area (Å²) in [6.07, 6.45) is -7.64. The number of aromatic nitrogens is 3. The maximum Gasteiger partial charge on any atom is 0.434 e. The van der Waals surface area contributed by atoms with Crippen LogP contribution in [-0.2, 0) is 13.2 Å². The summed E-state index contributed by atoms with van der Waals surface area (Å²) in [7, 11) is 1.01. The number of carbonyl (C=O) groups is 2. The summed E-state index contributed by atoms with van der Waals surface area (Å²) in [4.78, 5) is 28.1. The Morgan fingerprint density at radius 1 is 1.33 bits per heavy atom. The smallest absolute Gasteiger partial charge is 0.365 e. The molecule has 0 aliphatic heterocycles. The molecular formula is C16H11BrF5N5O2S. The number of aryl methyl sites for hydroxylation is 2. The number of carbonyl (C=O) groups excluding carboxylic acids is 2. The van der Waals surface area contributed by atoms with E-state index in [-0.39, 0.29) is 26.3 Å². The summed E-state index contributed by atoms with van der Waals surface area (Å²) in [5.74, 6) is -2.03. The molecule has 0 spiro atoms. The van der Waals surface area contributed by atoms with Gasteiger partial charge in [-0.25, -0.2) is 13.8 Å². The molecule has 0 saturated heterocycles. The highest BCUT2D eigenvalue weighted by atomic mass is 79.9. The van der Waals surface area contributed by atoms with Gasteiger partial charge in [-0.05, 0) is 34.5 Å². The van der Waals surface area contributed by atoms with Crippen LogP contribution in [0.4, 0.5) is 27.6 Å². The number of halogens is 6. The van der Waals surface area contributed by atoms with Crippen LogP contribution in [0.25, 0.3) is 10.2 Å². The van der Waals surface area contributed by atoms with Gasteiger partial charge in [0.2, 0.25) is 0 Å². The Bertz CT molecular complexity index is 1190. The van der Waals surface area contributed by atoms with Crippen LogP contribution < -0.4 is 11.1 Å². The molecule has 3 heterocycles. The molecule has 3 rings (SSSR count). The fraction of sp³-hybridized carbons (Fsp3) is 0.250. The van der Waals surface area contributed by atoms with Crippen molar-refractivity contribution >= 4 is 55.0 Å². The lowest BCUT2D eigenvalue weighted by molar-refractivity contribution is -0.144. The van der Waals surface area contributed by atoms with Crippen molar-refractivity contribution in [3.63, 3.8) is 0 Å². The maximum atomic E-state index is 13.1. The van der Waals surface area contributed by atoms with Gasteiger partial charge in [-0.2, -0.15) is 18.3 Å². The van der Waals surface area contributed by atoms with Crippen molar-refractivity contribution in [3.05, 3.63) is 38.1 Å². The third-order valence-electron chi connectivity index (χ3n) is 4.04. The zero-order valence-corrected chi connectivity index (χ0v) is 17.5. The minimum Gasteiger partial charge on any atom is -0.365 e. The number of alkyl halides is 5. The van der Waals surface area contributed by atoms with E-state index < -0.39 is 46.0 Å². The molecule has 2 amide bonds. The number of thiophene rings is 1. The number of amides is 2. The molecule has 30 heavy (non-hydrogen) atoms. The summed E-state index contributed by atoms with van der Waals surface area (Å²) in [6.45, 7) is 1.46. The minimum absolute atomic E-state index is 0.0190. The second kappa shape index (κ2) is 7.58. The van der Waals surface area contributed by atoms with Crippen molar-refractivity contribution in [2.75, 3.05) is 5.32 Å². The first-order valence-electron chi connectivity index (χ1n) is 7.96. The molecule has 0 unspecified atom stereocenters. The summed E-state index contributed by atoms with van der Waals surface area (Å²) >= 11 is 3.41. The fourth-order valence-corrected chi connectivity index (χ4v) is 4.64. The van der Waals surface area contributed by atoms with Gasteiger partial charge in [-0.3, -0.25) is 14.3 Å². The van der Waals surface area contributed by atoms with E-state index in [0.717, 1.165) is 13.1 Å². The van der Waals surface area contributed by atoms with E-state index in [0.29, 0.717) is 16.0 Å². The molecule has 0 fully saturated rings. The number of anilines is 1. The van der Waals surface area contributed by atoms with Gasteiger partial charge in [0, 0.05) is 12.4 Å². The summed E-state index contributed by atoms with van der Waals surface area (Å²) in [5, 5.41) is 6.08. The number of nitrogens with two attached hydrogens (primary N) is 1. The monoisotopic (exact) mass is 511 g/mol. The highest BCUT2D eigenvalue weighted by Crippen LogP contribution is 2.40. The minimum atomic E-state index is -4.78. The first kappa shape index (κ1) is 22.1. The highest BCUT2D eigenvalue weighted by Gasteiger charge is 2.40. The highest BCUT2D eigenvalue weighted by molar-refractivity contribution is 9.10. The number of nitrogens with zero attached hydrogens (tertiary/aromatic N) is 3. The molecule has 160 valence electrons. The molecular weight excluding hydrogens is 501 g/mol. The first-order chi connectivity index (χ1) is 13.8. The predicted molar refractivity (Wildman–Crippen MR) is 102 cm³/mol. The van der Waals surface area contributed by atoms with E-state index in [9.17, 15) is 31.5 Å². The van der Waals surface area contributed by atoms with Crippen LogP contribution in [0.15, 0.2) is 10.5 Å². The van der Waals surface area contributed by atoms with Crippen molar-refractivity contribution in [1.29, 1.82) is 0 Å². The Balaban J connectivity index is 2.13. The van der Waals surface area contributed by atoms with E-state index in [1.807, 2.05) is 0 Å². The summed E-state index contributed by atoms with van der Waals surface area (Å²) in [5.41, 5.74) is 3.15. The van der Waals surface area contributed by atoms with Crippen LogP contribution in [0.5, 0.6) is 0 Å². The van der Waals surface area contributed by atoms with E-state index in [2.05, 4.69) is 31.3 Å². The molecule has 0 radical (unpaired) electrons. The number of hydrogen-bond acceptors (Lipinski definition) is 5. The lowest BCUT2D eigenvalue weighted by Gasteiger charge is -2.08. The van der Waals surface area contributed by atoms with Crippen molar-refractivity contribution in [2.45, 2.75) is 19.5 Å². The number of fused-ring (bicyclic) bond motifs is 1. The first-order valence-corrected chi connectivity index (χ1v) is 9.56. The average Bonchev–Trinajstić information content (AvgIpc) is 3.12. The predicted octanol–water partition coefficient (Wildman–Crippen LogP) is 4.41. The van der Waals surface area contributed by atoms with E-state index in [1.165, 1.54) is 6.92 Å². The standard InChI is InChI=1S/C16H11BrF5N5O2S/c1-4-3-5(12(18)19)24-15-6(4)8(10(30-15)13(23)28)25-14(29)9-7(17)11(16(20,21)22)27(2)26-9/h3,12H,1-2H3,(H2,23,28)(H,25,29). The van der Waals surface area contributed by atoms with Crippen LogP contribution in [0.1, 0.15) is 43.5 Å². The number of hydrogen-bond donors (Lipinski definition) is 2. The topological polar surface area (TPSA) is 103 Å². The quantitative estimate of drug-likeness (QED) is 0.506. The molecule has 0 saturated carbocycles. The Labute approximate surface area is 177 Å². The fourth-order valence-electron chi connectivity index (χ4n) is 2.84. The van der Waals surface area contributed by atoms with Gasteiger partial charge >= 0.3 is 6.18 Å². The summed E-state index contributed by atoms with van der Waals surface area (Å²) in [6, 6.07) is 1.08. The van der Waals surface area contributed by atoms with Gasteiger partial charge in [0.1, 0.15) is 15.4 Å². The Hall–Kier alpha value is -2.61. The molecule has 14 heteroatoms. The van der Waals surface area contributed by atoms with Crippen molar-refractivity contribution in [1.82, 2.24) is 14.8 Å². The van der Waals surface area contributed by atoms with Crippen LogP contribution in [0.3, 0.4) is 0 Å². The van der Waals surface area contributed by atoms with Crippen LogP contribution in [0.2, 0.25) is 0 Å². The Morgan fingerprint density at radius 2 is 1.97 bits per heavy atom. The summed E-state index contributed by atoms with van der Waals surface area (Å²) < 4.78 is 65.4. The lowest BCUT2D eigenvalue weighted by atomic mass is 10.1. The van der Waals surface area contributed by atoms with E-state index in [4.69, 9.17) is 5.73 Å². The molecule has 0 aromatic carbocycles. The molecule has 0 bridgehead atoms. The Kier molecular flexibility index (Phi) is 5.58. The third kappa shape index (κ3) is 3.76. The van der Waals surface area contributed by atoms with Gasteiger partial charge in [-0.15, -0.1) is 11.3 Å². The van der Waals surface area contributed by atoms with Crippen LogP contribution in [-0.4, -0.2) is 26.6 Å². The number of rotatable bonds is 4. The normalized spacial score (nSPS) is 12.0. The SMILES string of the molecule is Cc1cc(C(F)F)nc2sc(C(N)=O)c(NC(=O)c3nn(C)c(C(F)(F)F)c3Br)c12. The van der Waals surface area contributed by atoms with Crippen LogP contribution >= 0.6 is 27.3 Å². The molecule has 7 nitrogen and oxygen atoms in total. The zero-order valence-electron chi connectivity index (χ0n) is 15.1. The molecule has 0 atom stereocenters. The van der Waals surface area contributed by atoms with Gasteiger partial charge in [0.05, 0.1) is 10.2 Å². The Morgan fingerprint density at radius 3 is 2.47 bits per heavy atom. The third-order valence-corrected chi connectivity index (χ3v) is 5.89. The van der Waals surface area contributed by atoms with Crippen molar-refractivity contribution < 1.29 is 31.5 Å². The van der Waals surface area contributed by atoms with Crippen LogP contribution in [0, 0.1) is 6.92 Å². The van der Waals surface area contributed by atoms with E-state index in [1.54, 1.807) is 0 Å². The molecule has 3 aromatic rings. The second-order valence-electron chi connectivity index (χ2n) is 6.10. The van der Waals surface area contributed by atoms with Gasteiger partial charge < -0.3 is 11.1 Å². The van der Waals surface area contributed by atoms with Gasteiger partial charge in [0.25, 0.3) is 18.2 Å². The molecule has 3 N–H and O–H groups in total. The molecule has 0 aliphatic rings. The average molecular weight is 512 g/mol. The number of pyridine rings is 1. The largest absolute Gasteiger partial charge is 0.434 e.